The highest BCUT2D eigenvalue weighted by molar-refractivity contribution is 5.95. The van der Waals surface area contributed by atoms with Crippen LogP contribution in [0.15, 0.2) is 36.8 Å². The molecule has 1 N–H and O–H groups in total. The fourth-order valence-electron chi connectivity index (χ4n) is 3.70. The summed E-state index contributed by atoms with van der Waals surface area (Å²) in [7, 11) is 0. The largest absolute Gasteiger partial charge is 0.335 e. The lowest BCUT2D eigenvalue weighted by atomic mass is 9.99. The Morgan fingerprint density at radius 2 is 1.88 bits per heavy atom. The van der Waals surface area contributed by atoms with E-state index in [9.17, 15) is 4.79 Å². The molecule has 1 atom stereocenters. The van der Waals surface area contributed by atoms with Gasteiger partial charge in [-0.2, -0.15) is 0 Å². The Morgan fingerprint density at radius 3 is 2.67 bits per heavy atom. The highest BCUT2D eigenvalue weighted by Crippen LogP contribution is 2.45. The van der Waals surface area contributed by atoms with E-state index >= 15 is 0 Å². The number of rotatable bonds is 4. The third-order valence-corrected chi connectivity index (χ3v) is 5.28. The summed E-state index contributed by atoms with van der Waals surface area (Å²) < 4.78 is 0. The van der Waals surface area contributed by atoms with E-state index in [1.807, 2.05) is 29.6 Å². The van der Waals surface area contributed by atoms with Gasteiger partial charge >= 0.3 is 6.03 Å². The summed E-state index contributed by atoms with van der Waals surface area (Å²) in [6, 6.07) is 6.13. The zero-order chi connectivity index (χ0) is 16.1. The first-order valence-electron chi connectivity index (χ1n) is 8.78. The van der Waals surface area contributed by atoms with Crippen LogP contribution in [0.25, 0.3) is 0 Å². The van der Waals surface area contributed by atoms with E-state index in [4.69, 9.17) is 0 Å². The van der Waals surface area contributed by atoms with Crippen LogP contribution < -0.4 is 10.2 Å². The predicted molar refractivity (Wildman–Crippen MR) is 91.0 cm³/mol. The number of carbonyl (C=O) groups excluding carboxylic acids is 1. The highest BCUT2D eigenvalue weighted by Gasteiger charge is 2.37. The molecule has 5 nitrogen and oxygen atoms in total. The summed E-state index contributed by atoms with van der Waals surface area (Å²) in [5, 5.41) is 3.01. The maximum absolute atomic E-state index is 12.5. The molecule has 0 spiro atoms. The molecule has 2 amide bonds. The van der Waals surface area contributed by atoms with Gasteiger partial charge in [-0.3, -0.25) is 14.9 Å². The second-order valence-electron chi connectivity index (χ2n) is 7.06. The van der Waals surface area contributed by atoms with Crippen LogP contribution in [0.3, 0.4) is 0 Å². The molecule has 0 aromatic carbocycles. The summed E-state index contributed by atoms with van der Waals surface area (Å²) in [5.41, 5.74) is 4.59. The fraction of sp³-hybridized carbons (Fsp3) is 0.421. The second kappa shape index (κ2) is 5.30. The second-order valence-corrected chi connectivity index (χ2v) is 7.06. The van der Waals surface area contributed by atoms with Gasteiger partial charge in [0.1, 0.15) is 0 Å². The molecule has 0 bridgehead atoms. The molecule has 3 aliphatic rings. The Kier molecular flexibility index (Phi) is 3.08. The minimum absolute atomic E-state index is 0.0104. The first-order chi connectivity index (χ1) is 11.8. The molecule has 2 aromatic heterocycles. The Balaban J connectivity index is 1.54. The fourth-order valence-corrected chi connectivity index (χ4v) is 3.70. The third-order valence-electron chi connectivity index (χ3n) is 5.28. The predicted octanol–water partition coefficient (Wildman–Crippen LogP) is 3.50. The quantitative estimate of drug-likeness (QED) is 0.938. The third kappa shape index (κ3) is 2.35. The number of pyridine rings is 2. The lowest BCUT2D eigenvalue weighted by Crippen LogP contribution is -2.30. The number of hydrogen-bond acceptors (Lipinski definition) is 3. The van der Waals surface area contributed by atoms with Crippen LogP contribution in [-0.4, -0.2) is 22.5 Å². The number of nitrogens with zero attached hydrogens (tertiary/aromatic N) is 3. The van der Waals surface area contributed by atoms with Crippen molar-refractivity contribution in [2.75, 3.05) is 11.4 Å². The van der Waals surface area contributed by atoms with Crippen molar-refractivity contribution in [1.29, 1.82) is 0 Å². The van der Waals surface area contributed by atoms with Crippen LogP contribution in [-0.2, 0) is 0 Å². The van der Waals surface area contributed by atoms with Crippen molar-refractivity contribution < 1.29 is 4.79 Å². The summed E-state index contributed by atoms with van der Waals surface area (Å²) in [4.78, 5) is 23.2. The summed E-state index contributed by atoms with van der Waals surface area (Å²) in [6.45, 7) is 0.630. The number of urea groups is 1. The molecule has 3 heterocycles. The molecule has 5 rings (SSSR count). The maximum atomic E-state index is 12.5. The van der Waals surface area contributed by atoms with Crippen LogP contribution in [0.1, 0.15) is 60.4 Å². The average molecular weight is 320 g/mol. The lowest BCUT2D eigenvalue weighted by molar-refractivity contribution is 0.251. The summed E-state index contributed by atoms with van der Waals surface area (Å²) in [6.07, 6.45) is 10.5. The molecule has 1 saturated heterocycles. The van der Waals surface area contributed by atoms with Crippen LogP contribution in [0.4, 0.5) is 10.5 Å². The minimum atomic E-state index is -0.0291. The van der Waals surface area contributed by atoms with Crippen molar-refractivity contribution in [2.24, 2.45) is 0 Å². The SMILES string of the molecule is O=C1NCC(c2cnccc2C2CC2)N1c1ccnc(C2CC2)c1. The first kappa shape index (κ1) is 14.0. The smallest absolute Gasteiger partial charge is 0.322 e. The van der Waals surface area contributed by atoms with Gasteiger partial charge in [0.15, 0.2) is 0 Å². The Labute approximate surface area is 141 Å². The van der Waals surface area contributed by atoms with E-state index in [0.717, 1.165) is 11.4 Å². The van der Waals surface area contributed by atoms with Crippen molar-refractivity contribution in [3.05, 3.63) is 53.6 Å². The molecular weight excluding hydrogens is 300 g/mol. The summed E-state index contributed by atoms with van der Waals surface area (Å²) >= 11 is 0. The molecule has 2 aliphatic carbocycles. The van der Waals surface area contributed by atoms with E-state index in [-0.39, 0.29) is 12.1 Å². The maximum Gasteiger partial charge on any atom is 0.322 e. The minimum Gasteiger partial charge on any atom is -0.335 e. The number of hydrogen-bond donors (Lipinski definition) is 1. The number of nitrogens with one attached hydrogen (secondary N) is 1. The molecule has 0 radical (unpaired) electrons. The van der Waals surface area contributed by atoms with Gasteiger partial charge in [0, 0.05) is 42.4 Å². The van der Waals surface area contributed by atoms with Crippen molar-refractivity contribution in [3.8, 4) is 0 Å². The van der Waals surface area contributed by atoms with Gasteiger partial charge in [-0.1, -0.05) is 0 Å². The zero-order valence-corrected chi connectivity index (χ0v) is 13.5. The van der Waals surface area contributed by atoms with E-state index in [2.05, 4.69) is 27.4 Å². The Morgan fingerprint density at radius 1 is 1.04 bits per heavy atom. The zero-order valence-electron chi connectivity index (χ0n) is 13.5. The molecular formula is C19H20N4O. The van der Waals surface area contributed by atoms with Gasteiger partial charge < -0.3 is 5.32 Å². The van der Waals surface area contributed by atoms with Gasteiger partial charge in [-0.15, -0.1) is 0 Å². The summed E-state index contributed by atoms with van der Waals surface area (Å²) in [5.74, 6) is 1.22. The molecule has 122 valence electrons. The van der Waals surface area contributed by atoms with Crippen LogP contribution in [0, 0.1) is 0 Å². The monoisotopic (exact) mass is 320 g/mol. The van der Waals surface area contributed by atoms with Crippen LogP contribution in [0.5, 0.6) is 0 Å². The standard InChI is InChI=1S/C19H20N4O/c24-19-22-11-18(16-10-20-7-6-15(16)12-1-2-12)23(19)14-5-8-21-17(9-14)13-3-4-13/h5-10,12-13,18H,1-4,11H2,(H,22,24). The van der Waals surface area contributed by atoms with Gasteiger partial charge in [-0.05, 0) is 60.9 Å². The van der Waals surface area contributed by atoms with E-state index < -0.39 is 0 Å². The van der Waals surface area contributed by atoms with Gasteiger partial charge in [-0.25, -0.2) is 4.79 Å². The van der Waals surface area contributed by atoms with Crippen LogP contribution in [0.2, 0.25) is 0 Å². The lowest BCUT2D eigenvalue weighted by Gasteiger charge is -2.25. The number of amides is 2. The van der Waals surface area contributed by atoms with E-state index in [1.54, 1.807) is 0 Å². The molecule has 1 aliphatic heterocycles. The number of anilines is 1. The Hall–Kier alpha value is -2.43. The topological polar surface area (TPSA) is 58.1 Å². The molecule has 2 aromatic rings. The van der Waals surface area contributed by atoms with Crippen molar-refractivity contribution in [3.63, 3.8) is 0 Å². The van der Waals surface area contributed by atoms with Crippen molar-refractivity contribution in [2.45, 2.75) is 43.6 Å². The highest BCUT2D eigenvalue weighted by atomic mass is 16.2. The molecule has 3 fully saturated rings. The van der Waals surface area contributed by atoms with E-state index in [0.29, 0.717) is 18.4 Å². The molecule has 2 saturated carbocycles. The van der Waals surface area contributed by atoms with Gasteiger partial charge in [0.2, 0.25) is 0 Å². The normalized spacial score (nSPS) is 23.4. The number of carbonyl (C=O) groups is 1. The molecule has 1 unspecified atom stereocenters. The van der Waals surface area contributed by atoms with Crippen LogP contribution >= 0.6 is 0 Å². The number of aromatic nitrogens is 2. The van der Waals surface area contributed by atoms with E-state index in [1.165, 1.54) is 36.8 Å². The first-order valence-corrected chi connectivity index (χ1v) is 8.78. The van der Waals surface area contributed by atoms with Gasteiger partial charge in [0.05, 0.1) is 6.04 Å². The van der Waals surface area contributed by atoms with Crippen molar-refractivity contribution >= 4 is 11.7 Å². The van der Waals surface area contributed by atoms with Crippen molar-refractivity contribution in [1.82, 2.24) is 15.3 Å². The molecule has 5 heteroatoms. The molecule has 24 heavy (non-hydrogen) atoms. The average Bonchev–Trinajstić information content (AvgIpc) is 3.52. The van der Waals surface area contributed by atoms with Gasteiger partial charge in [0.25, 0.3) is 0 Å². The Bertz CT molecular complexity index is 797.